The van der Waals surface area contributed by atoms with Crippen LogP contribution < -0.4 is 15.0 Å². The van der Waals surface area contributed by atoms with Crippen molar-refractivity contribution in [3.63, 3.8) is 0 Å². The number of hydrogen-bond acceptors (Lipinski definition) is 4. The predicted molar refractivity (Wildman–Crippen MR) is 76.5 cm³/mol. The highest BCUT2D eigenvalue weighted by atomic mass is 16.5. The molecule has 1 aliphatic rings. The third-order valence-corrected chi connectivity index (χ3v) is 3.38. The molecule has 1 aliphatic heterocycles. The molecule has 1 atom stereocenters. The maximum atomic E-state index is 8.96. The van der Waals surface area contributed by atoms with E-state index in [0.29, 0.717) is 13.0 Å². The molecule has 0 radical (unpaired) electrons. The molecule has 0 aromatic heterocycles. The number of benzene rings is 1. The normalized spacial score (nSPS) is 19.6. The van der Waals surface area contributed by atoms with Crippen LogP contribution in [0.15, 0.2) is 24.3 Å². The lowest BCUT2D eigenvalue weighted by molar-refractivity contribution is 0.340. The highest BCUT2D eigenvalue weighted by Gasteiger charge is 2.20. The van der Waals surface area contributed by atoms with Crippen molar-refractivity contribution in [1.29, 1.82) is 5.26 Å². The lowest BCUT2D eigenvalue weighted by Gasteiger charge is -2.30. The van der Waals surface area contributed by atoms with E-state index in [-0.39, 0.29) is 6.04 Å². The third-order valence-electron chi connectivity index (χ3n) is 3.38. The van der Waals surface area contributed by atoms with Gasteiger partial charge in [-0.2, -0.15) is 5.26 Å². The number of anilines is 1. The zero-order valence-electron chi connectivity index (χ0n) is 11.4. The largest absolute Gasteiger partial charge is 0.494 e. The first-order chi connectivity index (χ1) is 9.35. The standard InChI is InChI=1S/C15H21N3O/c1-2-19-15-6-4-13(5-7-15)18-11-3-10-17-12-14(18)8-9-16/h4-7,14,17H,2-3,8,10-12H2,1H3. The van der Waals surface area contributed by atoms with Crippen LogP contribution in [0.1, 0.15) is 19.8 Å². The fraction of sp³-hybridized carbons (Fsp3) is 0.533. The van der Waals surface area contributed by atoms with Gasteiger partial charge >= 0.3 is 0 Å². The van der Waals surface area contributed by atoms with Gasteiger partial charge in [0.15, 0.2) is 0 Å². The molecule has 1 N–H and O–H groups in total. The molecule has 1 aromatic rings. The summed E-state index contributed by atoms with van der Waals surface area (Å²) in [4.78, 5) is 2.33. The quantitative estimate of drug-likeness (QED) is 0.900. The van der Waals surface area contributed by atoms with Crippen LogP contribution in [0.2, 0.25) is 0 Å². The van der Waals surface area contributed by atoms with Crippen molar-refractivity contribution < 1.29 is 4.74 Å². The van der Waals surface area contributed by atoms with Crippen molar-refractivity contribution in [2.24, 2.45) is 0 Å². The first-order valence-electron chi connectivity index (χ1n) is 6.92. The molecule has 0 bridgehead atoms. The average Bonchev–Trinajstić information content (AvgIpc) is 2.66. The summed E-state index contributed by atoms with van der Waals surface area (Å²) >= 11 is 0. The Kier molecular flexibility index (Phi) is 5.05. The zero-order valence-corrected chi connectivity index (χ0v) is 11.4. The van der Waals surface area contributed by atoms with E-state index >= 15 is 0 Å². The summed E-state index contributed by atoms with van der Waals surface area (Å²) in [7, 11) is 0. The van der Waals surface area contributed by atoms with Gasteiger partial charge in [-0.15, -0.1) is 0 Å². The lowest BCUT2D eigenvalue weighted by Crippen LogP contribution is -2.39. The topological polar surface area (TPSA) is 48.3 Å². The first-order valence-corrected chi connectivity index (χ1v) is 6.92. The predicted octanol–water partition coefficient (Wildman–Crippen LogP) is 2.17. The maximum Gasteiger partial charge on any atom is 0.119 e. The van der Waals surface area contributed by atoms with Crippen LogP contribution in [0.5, 0.6) is 5.75 Å². The molecule has 0 saturated carbocycles. The Morgan fingerprint density at radius 1 is 1.42 bits per heavy atom. The third kappa shape index (κ3) is 3.62. The van der Waals surface area contributed by atoms with E-state index in [1.165, 1.54) is 5.69 Å². The molecule has 0 amide bonds. The van der Waals surface area contributed by atoms with Crippen LogP contribution in [0, 0.1) is 11.3 Å². The number of hydrogen-bond donors (Lipinski definition) is 1. The van der Waals surface area contributed by atoms with Gasteiger partial charge in [-0.25, -0.2) is 0 Å². The summed E-state index contributed by atoms with van der Waals surface area (Å²) < 4.78 is 5.46. The van der Waals surface area contributed by atoms with E-state index in [2.05, 4.69) is 28.4 Å². The Morgan fingerprint density at radius 3 is 2.89 bits per heavy atom. The minimum atomic E-state index is 0.255. The Labute approximate surface area is 115 Å². The summed E-state index contributed by atoms with van der Waals surface area (Å²) in [5.74, 6) is 0.899. The summed E-state index contributed by atoms with van der Waals surface area (Å²) in [6.45, 7) is 5.56. The Morgan fingerprint density at radius 2 is 2.21 bits per heavy atom. The molecule has 0 aliphatic carbocycles. The minimum absolute atomic E-state index is 0.255. The monoisotopic (exact) mass is 259 g/mol. The van der Waals surface area contributed by atoms with Gasteiger partial charge in [0, 0.05) is 18.8 Å². The molecule has 1 unspecified atom stereocenters. The van der Waals surface area contributed by atoms with Crippen molar-refractivity contribution >= 4 is 5.69 Å². The molecule has 1 fully saturated rings. The van der Waals surface area contributed by atoms with Gasteiger partial charge in [-0.3, -0.25) is 0 Å². The molecule has 19 heavy (non-hydrogen) atoms. The second-order valence-electron chi connectivity index (χ2n) is 4.69. The first kappa shape index (κ1) is 13.7. The number of nitrogens with one attached hydrogen (secondary N) is 1. The van der Waals surface area contributed by atoms with Crippen LogP contribution in [0.3, 0.4) is 0 Å². The van der Waals surface area contributed by atoms with E-state index in [0.717, 1.165) is 31.8 Å². The second kappa shape index (κ2) is 7.01. The van der Waals surface area contributed by atoms with Crippen LogP contribution in [-0.4, -0.2) is 32.3 Å². The Balaban J connectivity index is 2.13. The van der Waals surface area contributed by atoms with Crippen molar-refractivity contribution in [1.82, 2.24) is 5.32 Å². The molecule has 1 saturated heterocycles. The number of ether oxygens (including phenoxy) is 1. The highest BCUT2D eigenvalue weighted by Crippen LogP contribution is 2.23. The fourth-order valence-corrected chi connectivity index (χ4v) is 2.46. The minimum Gasteiger partial charge on any atom is -0.494 e. The molecule has 1 heterocycles. The van der Waals surface area contributed by atoms with Crippen LogP contribution in [0.25, 0.3) is 0 Å². The van der Waals surface area contributed by atoms with Crippen LogP contribution in [0.4, 0.5) is 5.69 Å². The maximum absolute atomic E-state index is 8.96. The van der Waals surface area contributed by atoms with E-state index in [4.69, 9.17) is 10.00 Å². The molecule has 2 rings (SSSR count). The van der Waals surface area contributed by atoms with Crippen molar-refractivity contribution in [2.75, 3.05) is 31.1 Å². The zero-order chi connectivity index (χ0) is 13.5. The van der Waals surface area contributed by atoms with Crippen LogP contribution >= 0.6 is 0 Å². The molecular formula is C15H21N3O. The second-order valence-corrected chi connectivity index (χ2v) is 4.69. The summed E-state index contributed by atoms with van der Waals surface area (Å²) in [6, 6.07) is 10.7. The van der Waals surface area contributed by atoms with E-state index in [1.54, 1.807) is 0 Å². The van der Waals surface area contributed by atoms with Crippen molar-refractivity contribution in [3.05, 3.63) is 24.3 Å². The van der Waals surface area contributed by atoms with Gasteiger partial charge in [-0.1, -0.05) is 0 Å². The number of rotatable bonds is 4. The van der Waals surface area contributed by atoms with E-state index in [1.807, 2.05) is 19.1 Å². The smallest absolute Gasteiger partial charge is 0.119 e. The molecule has 4 heteroatoms. The highest BCUT2D eigenvalue weighted by molar-refractivity contribution is 5.50. The number of nitrogens with zero attached hydrogens (tertiary/aromatic N) is 2. The molecular weight excluding hydrogens is 238 g/mol. The Hall–Kier alpha value is -1.73. The molecule has 102 valence electrons. The van der Waals surface area contributed by atoms with Gasteiger partial charge in [0.2, 0.25) is 0 Å². The summed E-state index contributed by atoms with van der Waals surface area (Å²) in [5, 5.41) is 12.4. The van der Waals surface area contributed by atoms with E-state index in [9.17, 15) is 0 Å². The Bertz CT molecular complexity index is 424. The fourth-order valence-electron chi connectivity index (χ4n) is 2.46. The van der Waals surface area contributed by atoms with Crippen molar-refractivity contribution in [3.8, 4) is 11.8 Å². The van der Waals surface area contributed by atoms with Crippen LogP contribution in [-0.2, 0) is 0 Å². The van der Waals surface area contributed by atoms with Gasteiger partial charge in [0.25, 0.3) is 0 Å². The summed E-state index contributed by atoms with van der Waals surface area (Å²) in [6.07, 6.45) is 1.66. The summed E-state index contributed by atoms with van der Waals surface area (Å²) in [5.41, 5.74) is 1.17. The van der Waals surface area contributed by atoms with Gasteiger partial charge in [-0.05, 0) is 44.2 Å². The van der Waals surface area contributed by atoms with Gasteiger partial charge in [0.05, 0.1) is 25.1 Å². The molecule has 1 aromatic carbocycles. The van der Waals surface area contributed by atoms with E-state index < -0.39 is 0 Å². The van der Waals surface area contributed by atoms with Crippen molar-refractivity contribution in [2.45, 2.75) is 25.8 Å². The SMILES string of the molecule is CCOc1ccc(N2CCCNCC2CC#N)cc1. The molecule has 0 spiro atoms. The average molecular weight is 259 g/mol. The lowest BCUT2D eigenvalue weighted by atomic mass is 10.1. The molecule has 4 nitrogen and oxygen atoms in total. The van der Waals surface area contributed by atoms with Gasteiger partial charge in [0.1, 0.15) is 5.75 Å². The van der Waals surface area contributed by atoms with Gasteiger partial charge < -0.3 is 15.0 Å². The number of nitriles is 1.